The zero-order valence-corrected chi connectivity index (χ0v) is 33.8. The molecule has 1 heterocycles. The molecule has 0 spiro atoms. The zero-order valence-electron chi connectivity index (χ0n) is 33.8. The first-order valence-electron chi connectivity index (χ1n) is 20.3. The van der Waals surface area contributed by atoms with Gasteiger partial charge in [-0.15, -0.1) is 0 Å². The summed E-state index contributed by atoms with van der Waals surface area (Å²) in [4.78, 5) is 50.5. The summed E-state index contributed by atoms with van der Waals surface area (Å²) in [6.45, 7) is 9.78. The fourth-order valence-electron chi connectivity index (χ4n) is 7.04. The molecule has 0 saturated carbocycles. The van der Waals surface area contributed by atoms with Gasteiger partial charge in [0.25, 0.3) is 0 Å². The van der Waals surface area contributed by atoms with E-state index < -0.39 is 42.3 Å². The van der Waals surface area contributed by atoms with Crippen LogP contribution in [0.3, 0.4) is 0 Å². The second kappa shape index (κ2) is 24.7. The van der Waals surface area contributed by atoms with E-state index in [-0.39, 0.29) is 58.6 Å². The second-order valence-corrected chi connectivity index (χ2v) is 14.2. The molecule has 2 aliphatic rings. The highest BCUT2D eigenvalue weighted by atomic mass is 16.6. The zero-order chi connectivity index (χ0) is 41.9. The summed E-state index contributed by atoms with van der Waals surface area (Å²) in [6, 6.07) is 11.3. The number of fused-ring (bicyclic) bond motifs is 3. The number of benzene rings is 2. The lowest BCUT2D eigenvalue weighted by atomic mass is 9.94. The number of hydrogen-bond donors (Lipinski definition) is 4. The van der Waals surface area contributed by atoms with Gasteiger partial charge < -0.3 is 58.1 Å². The average molecular weight is 819 g/mol. The van der Waals surface area contributed by atoms with Gasteiger partial charge in [0.15, 0.2) is 24.1 Å². The normalized spacial score (nSPS) is 21.6. The van der Waals surface area contributed by atoms with Crippen LogP contribution in [0.4, 0.5) is 0 Å². The van der Waals surface area contributed by atoms with Gasteiger partial charge in [-0.2, -0.15) is 0 Å². The van der Waals surface area contributed by atoms with E-state index in [1.165, 1.54) is 4.90 Å². The minimum absolute atomic E-state index is 0.0171. The van der Waals surface area contributed by atoms with Crippen molar-refractivity contribution in [1.82, 2.24) is 0 Å². The molecule has 1 saturated heterocycles. The topological polar surface area (TPSA) is 207 Å². The Labute approximate surface area is 339 Å². The van der Waals surface area contributed by atoms with Crippen molar-refractivity contribution >= 4 is 23.7 Å². The van der Waals surface area contributed by atoms with Crippen LogP contribution in [-0.4, -0.2) is 149 Å². The first kappa shape index (κ1) is 46.5. The van der Waals surface area contributed by atoms with Gasteiger partial charge in [-0.05, 0) is 80.1 Å². The van der Waals surface area contributed by atoms with Crippen molar-refractivity contribution in [3.63, 3.8) is 0 Å². The Morgan fingerprint density at radius 3 is 1.62 bits per heavy atom. The summed E-state index contributed by atoms with van der Waals surface area (Å²) >= 11 is 0. The van der Waals surface area contributed by atoms with Gasteiger partial charge in [0.1, 0.15) is 24.7 Å². The van der Waals surface area contributed by atoms with Gasteiger partial charge >= 0.3 is 17.9 Å². The number of carbonyl (C=O) groups excluding carboxylic acids is 1. The van der Waals surface area contributed by atoms with Crippen LogP contribution in [0.25, 0.3) is 11.1 Å². The second-order valence-electron chi connectivity index (χ2n) is 14.2. The number of aliphatic carboxylic acids is 3. The summed E-state index contributed by atoms with van der Waals surface area (Å²) in [5.74, 6) is -2.63. The molecule has 2 aromatic carbocycles. The van der Waals surface area contributed by atoms with Crippen molar-refractivity contribution in [2.75, 3.05) is 85.7 Å². The Bertz CT molecular complexity index is 1610. The van der Waals surface area contributed by atoms with Gasteiger partial charge in [0, 0.05) is 11.1 Å². The molecule has 58 heavy (non-hydrogen) atoms. The lowest BCUT2D eigenvalue weighted by Gasteiger charge is -2.26. The third kappa shape index (κ3) is 14.0. The molecule has 5 unspecified atom stereocenters. The summed E-state index contributed by atoms with van der Waals surface area (Å²) < 4.78 is 45.2. The predicted octanol–water partition coefficient (Wildman–Crippen LogP) is 3.01. The highest BCUT2D eigenvalue weighted by Gasteiger charge is 2.36. The fraction of sp³-hybridized carbons (Fsp3) is 0.619. The fourth-order valence-corrected chi connectivity index (χ4v) is 7.04. The molecule has 0 amide bonds. The molecule has 0 radical (unpaired) electrons. The Balaban J connectivity index is 1.26. The van der Waals surface area contributed by atoms with E-state index in [2.05, 4.69) is 20.8 Å². The minimum atomic E-state index is -1.77. The van der Waals surface area contributed by atoms with Gasteiger partial charge in [-0.25, -0.2) is 14.4 Å². The van der Waals surface area contributed by atoms with Crippen molar-refractivity contribution in [3.8, 4) is 22.6 Å². The number of rotatable bonds is 18. The Morgan fingerprint density at radius 1 is 0.655 bits per heavy atom. The van der Waals surface area contributed by atoms with E-state index in [0.717, 1.165) is 50.0 Å². The molecule has 0 bridgehead atoms. The van der Waals surface area contributed by atoms with Crippen molar-refractivity contribution in [2.45, 2.75) is 77.3 Å². The van der Waals surface area contributed by atoms with Crippen LogP contribution < -0.4 is 14.4 Å². The SMILES string of the molecule is CCC(CCCC1OCCOCCOC(C(=O)O)C(C(=O)O)OCCOCCOC1C(=O)O)CCOc1ccc2c(c1)C(=O)c1cc(OCC[NH+](CC)CC)ccc1-2. The Kier molecular flexibility index (Phi) is 19.8. The maximum atomic E-state index is 13.4. The number of carboxylic acids is 3. The number of nitrogens with one attached hydrogen (secondary N) is 1. The number of likely N-dealkylation sites (N-methyl/N-ethyl adjacent to an activating group) is 1. The third-order valence-electron chi connectivity index (χ3n) is 10.4. The van der Waals surface area contributed by atoms with Crippen LogP contribution in [0.15, 0.2) is 36.4 Å². The quantitative estimate of drug-likeness (QED) is 0.146. The molecule has 0 aromatic heterocycles. The first-order valence-corrected chi connectivity index (χ1v) is 20.3. The standard InChI is InChI=1S/C42H59NO15/c1-4-28(14-16-53-29-10-12-31-32-13-11-30(54-17-15-43(5-2)6-3)27-34(32)36(44)33(31)26-29)8-7-9-35-37(40(45)46)56-23-19-52-21-25-58-39(42(49)50)38(41(47)48)57-24-20-51-18-22-55-35/h10-13,26-28,35,37-39H,4-9,14-25H2,1-3H3,(H,45,46)(H,47,48)(H,49,50)/p+1. The summed E-state index contributed by atoms with van der Waals surface area (Å²) in [7, 11) is 0. The van der Waals surface area contributed by atoms with Gasteiger partial charge in [-0.3, -0.25) is 4.79 Å². The molecule has 1 aliphatic carbocycles. The molecule has 5 atom stereocenters. The van der Waals surface area contributed by atoms with Crippen molar-refractivity contribution in [3.05, 3.63) is 47.5 Å². The molecule has 1 fully saturated rings. The number of quaternary nitrogens is 1. The van der Waals surface area contributed by atoms with Crippen LogP contribution in [-0.2, 0) is 42.8 Å². The lowest BCUT2D eigenvalue weighted by Crippen LogP contribution is -3.12. The average Bonchev–Trinajstić information content (AvgIpc) is 3.48. The maximum absolute atomic E-state index is 13.4. The summed E-state index contributed by atoms with van der Waals surface area (Å²) in [6.07, 6.45) is -2.08. The first-order chi connectivity index (χ1) is 28.1. The maximum Gasteiger partial charge on any atom is 0.336 e. The van der Waals surface area contributed by atoms with E-state index in [4.69, 9.17) is 37.9 Å². The van der Waals surface area contributed by atoms with Crippen molar-refractivity contribution < 1.29 is 77.3 Å². The van der Waals surface area contributed by atoms with Crippen molar-refractivity contribution in [1.29, 1.82) is 0 Å². The number of ether oxygens (including phenoxy) is 8. The Morgan fingerprint density at radius 2 is 1.14 bits per heavy atom. The van der Waals surface area contributed by atoms with E-state index in [9.17, 15) is 34.5 Å². The molecule has 4 N–H and O–H groups in total. The smallest absolute Gasteiger partial charge is 0.336 e. The van der Waals surface area contributed by atoms with Gasteiger partial charge in [-0.1, -0.05) is 26.2 Å². The molecule has 4 rings (SSSR count). The van der Waals surface area contributed by atoms with Gasteiger partial charge in [0.2, 0.25) is 0 Å². The third-order valence-corrected chi connectivity index (χ3v) is 10.4. The minimum Gasteiger partial charge on any atom is -0.494 e. The van der Waals surface area contributed by atoms with Crippen LogP contribution in [0.5, 0.6) is 11.5 Å². The highest BCUT2D eigenvalue weighted by molar-refractivity contribution is 6.22. The lowest BCUT2D eigenvalue weighted by molar-refractivity contribution is -0.896. The summed E-state index contributed by atoms with van der Waals surface area (Å²) in [5.41, 5.74) is 3.01. The number of carboxylic acid groups (broad SMARTS) is 3. The molecule has 1 aliphatic heterocycles. The van der Waals surface area contributed by atoms with E-state index in [1.54, 1.807) is 0 Å². The number of carbonyl (C=O) groups is 4. The van der Waals surface area contributed by atoms with E-state index >= 15 is 0 Å². The molecular weight excluding hydrogens is 758 g/mol. The molecule has 16 heteroatoms. The van der Waals surface area contributed by atoms with Crippen LogP contribution in [0, 0.1) is 5.92 Å². The highest BCUT2D eigenvalue weighted by Crippen LogP contribution is 2.40. The molecule has 2 aromatic rings. The van der Waals surface area contributed by atoms with Gasteiger partial charge in [0.05, 0.1) is 78.7 Å². The molecule has 16 nitrogen and oxygen atoms in total. The van der Waals surface area contributed by atoms with Crippen LogP contribution in [0.1, 0.15) is 68.8 Å². The Hall–Kier alpha value is -4.16. The van der Waals surface area contributed by atoms with Crippen LogP contribution in [0.2, 0.25) is 0 Å². The molecular formula is C42H60NO15+. The molecule has 322 valence electrons. The summed E-state index contributed by atoms with van der Waals surface area (Å²) in [5, 5.41) is 29.0. The largest absolute Gasteiger partial charge is 0.494 e. The number of ketones is 1. The van der Waals surface area contributed by atoms with E-state index in [0.29, 0.717) is 54.6 Å². The van der Waals surface area contributed by atoms with Crippen molar-refractivity contribution in [2.24, 2.45) is 5.92 Å². The van der Waals surface area contributed by atoms with E-state index in [1.807, 2.05) is 36.4 Å². The number of hydrogen-bond acceptors (Lipinski definition) is 12. The predicted molar refractivity (Wildman–Crippen MR) is 209 cm³/mol. The monoisotopic (exact) mass is 818 g/mol. The van der Waals surface area contributed by atoms with Crippen LogP contribution >= 0.6 is 0 Å².